The van der Waals surface area contributed by atoms with Gasteiger partial charge in [0.1, 0.15) is 23.3 Å². The molecule has 0 aliphatic carbocycles. The molecule has 12 rings (SSSR count). The quantitative estimate of drug-likeness (QED) is 0.0182. The molecule has 0 spiro atoms. The van der Waals surface area contributed by atoms with Crippen molar-refractivity contribution >= 4 is 115 Å². The summed E-state index contributed by atoms with van der Waals surface area (Å²) in [5.41, 5.74) is 14.7. The molecule has 0 saturated carbocycles. The lowest BCUT2D eigenvalue weighted by atomic mass is 10.1. The number of carbonyl (C=O) groups is 4. The van der Waals surface area contributed by atoms with Crippen LogP contribution in [0.4, 0.5) is 46.0 Å². The monoisotopic (exact) mass is 1580 g/mol. The van der Waals surface area contributed by atoms with E-state index in [1.807, 2.05) is 123 Å². The molecule has 0 fully saturated rings. The molecule has 0 aliphatic heterocycles. The van der Waals surface area contributed by atoms with E-state index in [0.717, 1.165) is 202 Å². The van der Waals surface area contributed by atoms with Crippen LogP contribution in [0.5, 0.6) is 0 Å². The van der Waals surface area contributed by atoms with E-state index in [1.54, 1.807) is 45.3 Å². The third kappa shape index (κ3) is 23.8. The Morgan fingerprint density at radius 3 is 0.821 bits per heavy atom. The number of carboxylic acid groups (broad SMARTS) is 4. The number of thiophene rings is 4. The Morgan fingerprint density at radius 1 is 0.312 bits per heavy atom. The highest BCUT2D eigenvalue weighted by atomic mass is 32.1. The molecule has 12 aromatic rings. The summed E-state index contributed by atoms with van der Waals surface area (Å²) in [4.78, 5) is 91.2. The summed E-state index contributed by atoms with van der Waals surface area (Å²) >= 11 is 6.88. The van der Waals surface area contributed by atoms with Crippen LogP contribution in [0.15, 0.2) is 171 Å². The largest absolute Gasteiger partial charge is 0.481 e. The Labute approximate surface area is 671 Å². The summed E-state index contributed by atoms with van der Waals surface area (Å²) in [6, 6.07) is 46.4. The van der Waals surface area contributed by atoms with E-state index in [0.29, 0.717) is 18.7 Å². The van der Waals surface area contributed by atoms with Crippen LogP contribution in [-0.2, 0) is 109 Å². The number of aryl methyl sites for hydroxylation is 8. The third-order valence-electron chi connectivity index (χ3n) is 17.9. The third-order valence-corrected chi connectivity index (χ3v) is 22.8. The molecule has 580 valence electrons. The maximum Gasteiger partial charge on any atom is 0.307 e. The molecule has 8 heterocycles. The number of anilines is 8. The molecule has 112 heavy (non-hydrogen) atoms. The number of rotatable bonds is 32. The van der Waals surface area contributed by atoms with Gasteiger partial charge < -0.3 is 41.7 Å². The molecule has 0 radical (unpaired) electrons. The second-order valence-electron chi connectivity index (χ2n) is 26.0. The first-order chi connectivity index (χ1) is 54.1. The first-order valence-corrected chi connectivity index (χ1v) is 40.8. The Bertz CT molecular complexity index is 5210. The van der Waals surface area contributed by atoms with Crippen LogP contribution in [0.25, 0.3) is 42.8 Å². The molecule has 8 aromatic heterocycles. The van der Waals surface area contributed by atoms with Gasteiger partial charge in [0, 0.05) is 87.3 Å². The summed E-state index contributed by atoms with van der Waals surface area (Å²) in [5.74, 6) is 2.73. The van der Waals surface area contributed by atoms with Gasteiger partial charge in [-0.25, -0.2) is 39.9 Å². The minimum Gasteiger partial charge on any atom is -0.481 e. The predicted molar refractivity (Wildman–Crippen MR) is 458 cm³/mol. The van der Waals surface area contributed by atoms with Crippen LogP contribution in [0.3, 0.4) is 0 Å². The van der Waals surface area contributed by atoms with E-state index in [1.165, 1.54) is 19.5 Å². The zero-order chi connectivity index (χ0) is 80.4. The highest BCUT2D eigenvalue weighted by Gasteiger charge is 2.21. The summed E-state index contributed by atoms with van der Waals surface area (Å²) < 4.78 is 0. The first-order valence-electron chi connectivity index (χ1n) is 37.5. The Kier molecular flexibility index (Phi) is 31.4. The van der Waals surface area contributed by atoms with Crippen molar-refractivity contribution in [2.75, 3.05) is 21.3 Å². The summed E-state index contributed by atoms with van der Waals surface area (Å²) in [6.45, 7) is 28.7. The van der Waals surface area contributed by atoms with Crippen LogP contribution in [0.2, 0.25) is 0 Å². The van der Waals surface area contributed by atoms with Crippen LogP contribution >= 0.6 is 45.3 Å². The van der Waals surface area contributed by atoms with Gasteiger partial charge in [-0.3, -0.25) is 19.2 Å². The normalized spacial score (nSPS) is 10.7. The van der Waals surface area contributed by atoms with Crippen LogP contribution < -0.4 is 21.3 Å². The lowest BCUT2D eigenvalue weighted by molar-refractivity contribution is -0.137. The molecule has 24 heteroatoms. The number of allylic oxidation sites excluding steroid dienone is 2. The number of carboxylic acids is 4. The highest BCUT2D eigenvalue weighted by molar-refractivity contribution is 7.16. The lowest BCUT2D eigenvalue weighted by Gasteiger charge is -2.15. The van der Waals surface area contributed by atoms with Crippen LogP contribution in [0, 0.1) is 13.8 Å². The number of nitrogens with one attached hydrogen (secondary N) is 4. The SMILES string of the molecule is C=CCc1c(C)nc(-c2ccc(CC)s2)nc1Nc1ccc(CC(=O)O)cc1.C=CCc1c(CC)nc(-c2ccc(CC)s2)nc1Nc1ccc(CC(=O)O)cc1.CCc1ccc(-c2nc(C)c(CC)c(Nc3ccc(CC(=O)O)cc3)n2)s1.CCc1ccc(-c2nc(CC)c(CC)c(Nc3ccc(CC(=O)O)cc3)n2)s1. The number of aliphatic carboxylic acids is 4. The lowest BCUT2D eigenvalue weighted by Crippen LogP contribution is -2.07. The summed E-state index contributed by atoms with van der Waals surface area (Å²) in [5, 5.41) is 49.2. The zero-order valence-corrected chi connectivity index (χ0v) is 68.2. The van der Waals surface area contributed by atoms with E-state index < -0.39 is 23.9 Å². The molecule has 0 aliphatic rings. The van der Waals surface area contributed by atoms with Gasteiger partial charge >= 0.3 is 23.9 Å². The fraction of sp³-hybridized carbons (Fsp3) is 0.273. The fourth-order valence-electron chi connectivity index (χ4n) is 12.1. The van der Waals surface area contributed by atoms with Crippen molar-refractivity contribution in [2.24, 2.45) is 0 Å². The smallest absolute Gasteiger partial charge is 0.307 e. The van der Waals surface area contributed by atoms with Gasteiger partial charge in [0.15, 0.2) is 23.3 Å². The number of hydrogen-bond donors (Lipinski definition) is 8. The zero-order valence-electron chi connectivity index (χ0n) is 65.0. The van der Waals surface area contributed by atoms with Crippen molar-refractivity contribution in [1.29, 1.82) is 0 Å². The minimum atomic E-state index is -0.840. The van der Waals surface area contributed by atoms with Crippen molar-refractivity contribution in [1.82, 2.24) is 39.9 Å². The molecule has 0 unspecified atom stereocenters. The Morgan fingerprint density at radius 2 is 0.562 bits per heavy atom. The van der Waals surface area contributed by atoms with E-state index >= 15 is 0 Å². The molecule has 4 aromatic carbocycles. The van der Waals surface area contributed by atoms with Gasteiger partial charge in [-0.15, -0.1) is 58.5 Å². The second-order valence-corrected chi connectivity index (χ2v) is 30.7. The molecule has 0 amide bonds. The average Bonchev–Trinajstić information content (AvgIpc) is 1.35. The molecule has 20 nitrogen and oxygen atoms in total. The van der Waals surface area contributed by atoms with Gasteiger partial charge in [-0.2, -0.15) is 0 Å². The van der Waals surface area contributed by atoms with Crippen molar-refractivity contribution in [2.45, 2.75) is 159 Å². The van der Waals surface area contributed by atoms with Gasteiger partial charge in [-0.05, 0) is 197 Å². The summed E-state index contributed by atoms with van der Waals surface area (Å²) in [7, 11) is 0. The Hall–Kier alpha value is -11.4. The molecule has 0 atom stereocenters. The summed E-state index contributed by atoms with van der Waals surface area (Å²) in [6.07, 6.45) is 12.4. The number of benzene rings is 4. The van der Waals surface area contributed by atoms with Crippen molar-refractivity contribution in [3.63, 3.8) is 0 Å². The molecule has 0 saturated heterocycles. The maximum atomic E-state index is 10.9. The fourth-order valence-corrected chi connectivity index (χ4v) is 15.6. The van der Waals surface area contributed by atoms with E-state index in [-0.39, 0.29) is 25.7 Å². The number of hydrogen-bond acceptors (Lipinski definition) is 20. The van der Waals surface area contributed by atoms with Gasteiger partial charge in [0.2, 0.25) is 0 Å². The van der Waals surface area contributed by atoms with E-state index in [2.05, 4.69) is 138 Å². The van der Waals surface area contributed by atoms with Crippen molar-refractivity contribution in [3.05, 3.63) is 258 Å². The Balaban J connectivity index is 0.000000171. The standard InChI is InChI=1S/C23H25N3O2S.C22H23N3O2S.C22H25N3O2S.C21H23N3O2S/c1-4-7-18-19(6-3)25-23(20-13-12-17(5-2)29-20)26-22(18)24-16-10-8-15(9-11-16)14-21(27)28;1-4-6-18-14(3)23-22(19-12-11-17(5-2)28-19)25-21(18)24-16-9-7-15(8-10-16)13-20(26)27;1-4-16-11-12-19(28-16)22-24-18(6-3)17(5-2)21(25-22)23-15-9-7-14(8-10-15)13-20(26)27;1-4-16-10-11-18(27-16)21-22-13(3)17(5-2)20(24-21)23-15-8-6-14(7-9-15)12-19(25)26/h4,8-13H,1,5-7,14H2,2-3H3,(H,27,28)(H,24,25,26);4,7-12H,1,5-6,13H2,2-3H3,(H,26,27)(H,23,24,25);7-12H,4-6,13H2,1-3H3,(H,26,27)(H,23,24,25);6-11H,4-5,12H2,1-3H3,(H,25,26)(H,22,23,24). The first kappa shape index (κ1) is 84.6. The minimum absolute atomic E-state index is 0.0108. The molecule has 0 bridgehead atoms. The van der Waals surface area contributed by atoms with Gasteiger partial charge in [0.05, 0.1) is 45.2 Å². The van der Waals surface area contributed by atoms with E-state index in [4.69, 9.17) is 60.3 Å². The maximum absolute atomic E-state index is 10.9. The average molecular weight is 1580 g/mol. The van der Waals surface area contributed by atoms with Crippen LogP contribution in [0.1, 0.15) is 142 Å². The van der Waals surface area contributed by atoms with Crippen molar-refractivity contribution < 1.29 is 39.6 Å². The number of aromatic nitrogens is 8. The molecular formula is C88H96N12O8S4. The van der Waals surface area contributed by atoms with Gasteiger partial charge in [-0.1, -0.05) is 116 Å². The molecular weight excluding hydrogens is 1480 g/mol. The molecule has 8 N–H and O–H groups in total. The highest BCUT2D eigenvalue weighted by Crippen LogP contribution is 2.36. The van der Waals surface area contributed by atoms with E-state index in [9.17, 15) is 19.2 Å². The van der Waals surface area contributed by atoms with Crippen LogP contribution in [-0.4, -0.2) is 84.2 Å². The predicted octanol–water partition coefficient (Wildman–Crippen LogP) is 20.9. The number of nitrogens with zero attached hydrogens (tertiary/aromatic N) is 8. The van der Waals surface area contributed by atoms with Crippen molar-refractivity contribution in [3.8, 4) is 42.8 Å². The van der Waals surface area contributed by atoms with Gasteiger partial charge in [0.25, 0.3) is 0 Å². The second kappa shape index (κ2) is 41.6. The topological polar surface area (TPSA) is 300 Å².